The number of carbonyl (C=O) groups is 2. The minimum atomic E-state index is -0.986. The molecule has 3 heteroatoms. The van der Waals surface area contributed by atoms with Crippen molar-refractivity contribution in [1.82, 2.24) is 0 Å². The van der Waals surface area contributed by atoms with E-state index in [1.807, 2.05) is 6.92 Å². The van der Waals surface area contributed by atoms with E-state index in [2.05, 4.69) is 0 Å². The van der Waals surface area contributed by atoms with Crippen LogP contribution in [0, 0.1) is 0 Å². The Morgan fingerprint density at radius 2 is 2.23 bits per heavy atom. The van der Waals surface area contributed by atoms with Gasteiger partial charge in [-0.2, -0.15) is 0 Å². The van der Waals surface area contributed by atoms with Crippen molar-refractivity contribution < 1.29 is 14.7 Å². The van der Waals surface area contributed by atoms with E-state index in [1.165, 1.54) is 6.07 Å². The molecule has 0 radical (unpaired) electrons. The SMILES string of the molecule is CCc1c(C=O)cccc1C(=O)O. The number of carbonyl (C=O) groups excluding carboxylic acids is 1. The minimum absolute atomic E-state index is 0.215. The molecule has 0 fully saturated rings. The van der Waals surface area contributed by atoms with Gasteiger partial charge < -0.3 is 5.11 Å². The number of rotatable bonds is 3. The molecule has 3 nitrogen and oxygen atoms in total. The van der Waals surface area contributed by atoms with Gasteiger partial charge in [0.2, 0.25) is 0 Å². The molecule has 1 N–H and O–H groups in total. The second-order valence-electron chi connectivity index (χ2n) is 2.65. The molecular weight excluding hydrogens is 168 g/mol. The smallest absolute Gasteiger partial charge is 0.335 e. The Morgan fingerprint density at radius 3 is 2.69 bits per heavy atom. The van der Waals surface area contributed by atoms with Gasteiger partial charge >= 0.3 is 5.97 Å². The predicted octanol–water partition coefficient (Wildman–Crippen LogP) is 1.76. The number of carboxylic acid groups (broad SMARTS) is 1. The van der Waals surface area contributed by atoms with Gasteiger partial charge in [-0.25, -0.2) is 4.79 Å². The largest absolute Gasteiger partial charge is 0.478 e. The first-order valence-electron chi connectivity index (χ1n) is 4.01. The van der Waals surface area contributed by atoms with Crippen LogP contribution in [0.4, 0.5) is 0 Å². The van der Waals surface area contributed by atoms with Crippen LogP contribution in [0.2, 0.25) is 0 Å². The Balaban J connectivity index is 3.35. The van der Waals surface area contributed by atoms with E-state index in [1.54, 1.807) is 12.1 Å². The first-order chi connectivity index (χ1) is 6.20. The van der Waals surface area contributed by atoms with Crippen LogP contribution in [0.25, 0.3) is 0 Å². The molecular formula is C10H10O3. The minimum Gasteiger partial charge on any atom is -0.478 e. The predicted molar refractivity (Wildman–Crippen MR) is 48.2 cm³/mol. The maximum absolute atomic E-state index is 10.7. The lowest BCUT2D eigenvalue weighted by molar-refractivity contribution is 0.0695. The highest BCUT2D eigenvalue weighted by molar-refractivity contribution is 5.92. The normalized spacial score (nSPS) is 9.62. The highest BCUT2D eigenvalue weighted by Gasteiger charge is 2.11. The molecule has 0 saturated heterocycles. The van der Waals surface area contributed by atoms with Crippen LogP contribution in [-0.2, 0) is 6.42 Å². The highest BCUT2D eigenvalue weighted by Crippen LogP contribution is 2.13. The van der Waals surface area contributed by atoms with Gasteiger partial charge in [0.15, 0.2) is 0 Å². The second kappa shape index (κ2) is 3.85. The molecule has 0 atom stereocenters. The summed E-state index contributed by atoms with van der Waals surface area (Å²) in [5.41, 5.74) is 1.28. The number of aromatic carboxylic acids is 1. The van der Waals surface area contributed by atoms with Gasteiger partial charge in [0, 0.05) is 5.56 Å². The fourth-order valence-corrected chi connectivity index (χ4v) is 1.31. The summed E-state index contributed by atoms with van der Waals surface area (Å²) in [6, 6.07) is 4.71. The average Bonchev–Trinajstić information content (AvgIpc) is 2.16. The van der Waals surface area contributed by atoms with Crippen molar-refractivity contribution in [3.05, 3.63) is 34.9 Å². The van der Waals surface area contributed by atoms with E-state index in [0.29, 0.717) is 23.8 Å². The van der Waals surface area contributed by atoms with Crippen LogP contribution >= 0.6 is 0 Å². The van der Waals surface area contributed by atoms with Crippen LogP contribution < -0.4 is 0 Å². The monoisotopic (exact) mass is 178 g/mol. The topological polar surface area (TPSA) is 54.4 Å². The molecule has 0 amide bonds. The zero-order chi connectivity index (χ0) is 9.84. The number of benzene rings is 1. The first kappa shape index (κ1) is 9.45. The van der Waals surface area contributed by atoms with E-state index in [-0.39, 0.29) is 5.56 Å². The van der Waals surface area contributed by atoms with Crippen LogP contribution in [-0.4, -0.2) is 17.4 Å². The molecule has 0 heterocycles. The van der Waals surface area contributed by atoms with Gasteiger partial charge in [-0.15, -0.1) is 0 Å². The van der Waals surface area contributed by atoms with Crippen LogP contribution in [0.1, 0.15) is 33.2 Å². The summed E-state index contributed by atoms with van der Waals surface area (Å²) >= 11 is 0. The Morgan fingerprint density at radius 1 is 1.54 bits per heavy atom. The third-order valence-corrected chi connectivity index (χ3v) is 1.92. The molecule has 0 aliphatic rings. The fraction of sp³-hybridized carbons (Fsp3) is 0.200. The van der Waals surface area contributed by atoms with Crippen molar-refractivity contribution in [1.29, 1.82) is 0 Å². The van der Waals surface area contributed by atoms with Gasteiger partial charge in [0.1, 0.15) is 6.29 Å². The van der Waals surface area contributed by atoms with Crippen molar-refractivity contribution >= 4 is 12.3 Å². The molecule has 68 valence electrons. The van der Waals surface area contributed by atoms with Gasteiger partial charge in [0.25, 0.3) is 0 Å². The third kappa shape index (κ3) is 1.75. The van der Waals surface area contributed by atoms with E-state index < -0.39 is 5.97 Å². The van der Waals surface area contributed by atoms with Crippen molar-refractivity contribution in [2.45, 2.75) is 13.3 Å². The summed E-state index contributed by atoms with van der Waals surface area (Å²) in [4.78, 5) is 21.3. The summed E-state index contributed by atoms with van der Waals surface area (Å²) < 4.78 is 0. The number of aldehydes is 1. The Hall–Kier alpha value is -1.64. The lowest BCUT2D eigenvalue weighted by Gasteiger charge is -2.04. The zero-order valence-corrected chi connectivity index (χ0v) is 7.28. The van der Waals surface area contributed by atoms with E-state index in [4.69, 9.17) is 5.11 Å². The van der Waals surface area contributed by atoms with Gasteiger partial charge in [-0.05, 0) is 18.1 Å². The molecule has 0 aliphatic heterocycles. The lowest BCUT2D eigenvalue weighted by Crippen LogP contribution is -2.04. The van der Waals surface area contributed by atoms with E-state index >= 15 is 0 Å². The Bertz CT molecular complexity index is 342. The first-order valence-corrected chi connectivity index (χ1v) is 4.01. The summed E-state index contributed by atoms with van der Waals surface area (Å²) in [5.74, 6) is -0.986. The molecule has 0 bridgehead atoms. The molecule has 0 unspecified atom stereocenters. The molecule has 0 aromatic heterocycles. The van der Waals surface area contributed by atoms with Gasteiger partial charge in [-0.1, -0.05) is 19.1 Å². The van der Waals surface area contributed by atoms with Gasteiger partial charge in [0.05, 0.1) is 5.56 Å². The fourth-order valence-electron chi connectivity index (χ4n) is 1.31. The standard InChI is InChI=1S/C10H10O3/c1-2-8-7(6-11)4-3-5-9(8)10(12)13/h3-6H,2H2,1H3,(H,12,13). The molecule has 0 aliphatic carbocycles. The van der Waals surface area contributed by atoms with Gasteiger partial charge in [-0.3, -0.25) is 4.79 Å². The molecule has 0 spiro atoms. The quantitative estimate of drug-likeness (QED) is 0.717. The van der Waals surface area contributed by atoms with Crippen molar-refractivity contribution in [3.8, 4) is 0 Å². The molecule has 1 rings (SSSR count). The second-order valence-corrected chi connectivity index (χ2v) is 2.65. The summed E-state index contributed by atoms with van der Waals surface area (Å²) in [6.45, 7) is 1.83. The Kier molecular flexibility index (Phi) is 2.80. The van der Waals surface area contributed by atoms with Crippen LogP contribution in [0.3, 0.4) is 0 Å². The Labute approximate surface area is 76.0 Å². The third-order valence-electron chi connectivity index (χ3n) is 1.92. The molecule has 13 heavy (non-hydrogen) atoms. The summed E-state index contributed by atoms with van der Waals surface area (Å²) in [5, 5.41) is 8.80. The van der Waals surface area contributed by atoms with E-state index in [0.717, 1.165) is 0 Å². The number of hydrogen-bond donors (Lipinski definition) is 1. The molecule has 1 aromatic carbocycles. The molecule has 1 aromatic rings. The summed E-state index contributed by atoms with van der Waals surface area (Å²) in [6.07, 6.45) is 1.24. The zero-order valence-electron chi connectivity index (χ0n) is 7.28. The summed E-state index contributed by atoms with van der Waals surface area (Å²) in [7, 11) is 0. The van der Waals surface area contributed by atoms with Crippen LogP contribution in [0.5, 0.6) is 0 Å². The van der Waals surface area contributed by atoms with Crippen molar-refractivity contribution in [2.75, 3.05) is 0 Å². The average molecular weight is 178 g/mol. The highest BCUT2D eigenvalue weighted by atomic mass is 16.4. The van der Waals surface area contributed by atoms with Crippen molar-refractivity contribution in [2.24, 2.45) is 0 Å². The maximum atomic E-state index is 10.7. The van der Waals surface area contributed by atoms with E-state index in [9.17, 15) is 9.59 Å². The lowest BCUT2D eigenvalue weighted by atomic mass is 10.00. The van der Waals surface area contributed by atoms with Crippen LogP contribution in [0.15, 0.2) is 18.2 Å². The van der Waals surface area contributed by atoms with Crippen molar-refractivity contribution in [3.63, 3.8) is 0 Å². The molecule has 0 saturated carbocycles. The maximum Gasteiger partial charge on any atom is 0.335 e. The number of carboxylic acids is 1. The number of hydrogen-bond acceptors (Lipinski definition) is 2.